The number of benzene rings is 1. The number of aromatic carboxylic acids is 1. The van der Waals surface area contributed by atoms with E-state index in [0.29, 0.717) is 80.2 Å². The maximum Gasteiger partial charge on any atom is 0.354 e. The molecule has 4 atom stereocenters. The van der Waals surface area contributed by atoms with Crippen LogP contribution in [0.25, 0.3) is 49.1 Å². The first-order chi connectivity index (χ1) is 40.4. The second-order valence-corrected chi connectivity index (χ2v) is 25.1. The van der Waals surface area contributed by atoms with Gasteiger partial charge in [-0.2, -0.15) is 0 Å². The number of hydrogen-bond donors (Lipinski definition) is 7. The number of aromatic nitrogens is 8. The number of nitrogens with one attached hydrogen (secondary N) is 5. The summed E-state index contributed by atoms with van der Waals surface area (Å²) >= 11 is 7.48. The molecule has 4 amide bonds. The number of amides is 4. The molecule has 22 nitrogen and oxygen atoms in total. The minimum Gasteiger partial charge on any atom is -0.477 e. The average Bonchev–Trinajstić information content (AvgIpc) is 3.65. The summed E-state index contributed by atoms with van der Waals surface area (Å²) in [6, 6.07) is 13.0. The van der Waals surface area contributed by atoms with Gasteiger partial charge in [-0.1, -0.05) is 50.8 Å². The van der Waals surface area contributed by atoms with Gasteiger partial charge >= 0.3 is 5.97 Å². The zero-order chi connectivity index (χ0) is 59.3. The average molecular weight is 1240 g/mol. The Morgan fingerprint density at radius 2 is 1.50 bits per heavy atom. The number of aliphatic hydroxyl groups excluding tert-OH is 1. The SMILES string of the molecule is C=C1NCC(=O)N[C@@H]([C@@H](O)c2ccccc2)c2nc(cs2)-c2nc(cs2)-c2nc(-c3nc(NC(=O)c4ccc(C(=O)O)nc4)cs3)ccc2-c2nc(cs2)C(=O)N[C@@H](CC(=O)NC)c2nc(c(C)s2)C(=O)C[C@H](C(C)C)c2nc1c(COC)s2. The summed E-state index contributed by atoms with van der Waals surface area (Å²) in [4.78, 5) is 120. The molecule has 0 unspecified atom stereocenters. The summed E-state index contributed by atoms with van der Waals surface area (Å²) in [5.41, 5.74) is 3.64. The number of carboxylic acids is 1. The lowest BCUT2D eigenvalue weighted by Crippen LogP contribution is -2.38. The van der Waals surface area contributed by atoms with E-state index in [1.165, 1.54) is 87.2 Å². The van der Waals surface area contributed by atoms with Crippen LogP contribution in [0.15, 0.2) is 88.9 Å². The molecule has 0 saturated heterocycles. The van der Waals surface area contributed by atoms with Crippen molar-refractivity contribution < 1.29 is 43.7 Å². The van der Waals surface area contributed by atoms with Crippen molar-refractivity contribution in [3.8, 4) is 43.4 Å². The Morgan fingerprint density at radius 1 is 0.774 bits per heavy atom. The van der Waals surface area contributed by atoms with Gasteiger partial charge in [-0.05, 0) is 42.7 Å². The minimum atomic E-state index is -1.23. The van der Waals surface area contributed by atoms with E-state index in [0.717, 1.165) is 11.1 Å². The lowest BCUT2D eigenvalue weighted by Gasteiger charge is -2.23. The number of ether oxygens (including phenoxy) is 1. The third kappa shape index (κ3) is 13.1. The number of aryl methyl sites for hydroxylation is 1. The fourth-order valence-corrected chi connectivity index (χ4v) is 14.4. The van der Waals surface area contributed by atoms with E-state index in [1.54, 1.807) is 72.0 Å². The first-order valence-corrected chi connectivity index (χ1v) is 30.9. The Balaban J connectivity index is 1.04. The summed E-state index contributed by atoms with van der Waals surface area (Å²) < 4.78 is 5.57. The summed E-state index contributed by atoms with van der Waals surface area (Å²) in [6.07, 6.45) is -0.208. The molecule has 1 aliphatic heterocycles. The van der Waals surface area contributed by atoms with Gasteiger partial charge in [0.25, 0.3) is 11.8 Å². The number of fused-ring (bicyclic) bond motifs is 14. The van der Waals surface area contributed by atoms with Crippen molar-refractivity contribution in [1.29, 1.82) is 0 Å². The molecule has 0 fully saturated rings. The zero-order valence-electron chi connectivity index (χ0n) is 45.3. The molecule has 28 heteroatoms. The Kier molecular flexibility index (Phi) is 18.1. The molecule has 0 saturated carbocycles. The normalized spacial score (nSPS) is 16.3. The van der Waals surface area contributed by atoms with Gasteiger partial charge in [0.2, 0.25) is 11.8 Å². The largest absolute Gasteiger partial charge is 0.477 e. The fourth-order valence-electron chi connectivity index (χ4n) is 8.82. The van der Waals surface area contributed by atoms with Crippen LogP contribution in [-0.4, -0.2) is 106 Å². The predicted molar refractivity (Wildman–Crippen MR) is 322 cm³/mol. The molecule has 0 aliphatic carbocycles. The number of carboxylic acid groups (broad SMARTS) is 1. The Labute approximate surface area is 503 Å². The highest BCUT2D eigenvalue weighted by molar-refractivity contribution is 7.15. The number of hydrogen-bond acceptors (Lipinski definition) is 23. The van der Waals surface area contributed by atoms with E-state index in [4.69, 9.17) is 34.6 Å². The fraction of sp³-hybridized carbons (Fsp3) is 0.250. The van der Waals surface area contributed by atoms with Crippen LogP contribution in [0.3, 0.4) is 0 Å². The van der Waals surface area contributed by atoms with Crippen molar-refractivity contribution in [2.45, 2.75) is 64.3 Å². The molecule has 1 aromatic carbocycles. The van der Waals surface area contributed by atoms with Crippen LogP contribution in [0, 0.1) is 12.8 Å². The highest BCUT2D eigenvalue weighted by Gasteiger charge is 2.33. The number of carbonyl (C=O) groups excluding carboxylic acids is 5. The maximum atomic E-state index is 14.4. The summed E-state index contributed by atoms with van der Waals surface area (Å²) in [7, 11) is 3.05. The van der Waals surface area contributed by atoms with Gasteiger partial charge in [0, 0.05) is 64.7 Å². The Bertz CT molecular complexity index is 3960. The highest BCUT2D eigenvalue weighted by atomic mass is 32.1. The van der Waals surface area contributed by atoms with E-state index < -0.39 is 41.9 Å². The molecule has 84 heavy (non-hydrogen) atoms. The van der Waals surface area contributed by atoms with Crippen LogP contribution in [0.5, 0.6) is 0 Å². The number of anilines is 1. The number of ketones is 1. The standard InChI is InChI=1S/C56H51N13O9S6/c1-25(2)31-16-38(70)44-27(4)83-54(69-44)34(17-41(71)57-5)61-49(75)36-22-79-50(63-36)30-13-15-32(52-66-40(24-82-52)65-48(74)29-12-14-33(56(76)77)59-18-29)60-45(30)35-21-80-53(62-35)37-23-81-55(64-37)46(47(73)28-10-8-7-9-11-28)67-42(72)19-58-26(3)43-39(20-78-6)84-51(31)68-43/h7-15,18,21-25,31,34,46-47,58,73H,3,16-17,19-20H2,1-2,4-6H3,(H,57,71)(H,61,75)(H,65,74)(H,67,72)(H,76,77)/t31-,34+,46+,47+/m1/s1. The van der Waals surface area contributed by atoms with E-state index in [1.807, 2.05) is 19.9 Å². The molecular weight excluding hydrogens is 1190 g/mol. The summed E-state index contributed by atoms with van der Waals surface area (Å²) in [5, 5.41) is 45.1. The van der Waals surface area contributed by atoms with Crippen LogP contribution in [-0.2, 0) is 20.9 Å². The molecule has 0 radical (unpaired) electrons. The third-order valence-electron chi connectivity index (χ3n) is 13.2. The quantitative estimate of drug-likeness (QED) is 0.0634. The van der Waals surface area contributed by atoms with Crippen molar-refractivity contribution in [2.24, 2.45) is 5.92 Å². The third-order valence-corrected chi connectivity index (χ3v) is 19.0. The van der Waals surface area contributed by atoms with Crippen molar-refractivity contribution in [3.63, 3.8) is 0 Å². The van der Waals surface area contributed by atoms with Crippen molar-refractivity contribution in [1.82, 2.24) is 61.1 Å². The molecule has 9 heterocycles. The van der Waals surface area contributed by atoms with Crippen LogP contribution < -0.4 is 26.6 Å². The maximum absolute atomic E-state index is 14.4. The second-order valence-electron chi connectivity index (χ2n) is 19.3. The van der Waals surface area contributed by atoms with Gasteiger partial charge in [-0.3, -0.25) is 24.0 Å². The smallest absolute Gasteiger partial charge is 0.354 e. The number of nitrogens with zero attached hydrogens (tertiary/aromatic N) is 8. The summed E-state index contributed by atoms with van der Waals surface area (Å²) in [5.74, 6) is -3.71. The van der Waals surface area contributed by atoms with Gasteiger partial charge < -0.3 is 41.5 Å². The molecular formula is C56H51N13O9S6. The van der Waals surface area contributed by atoms with E-state index in [-0.39, 0.29) is 78.0 Å². The van der Waals surface area contributed by atoms with Crippen molar-refractivity contribution in [2.75, 3.05) is 26.0 Å². The number of thiazole rings is 6. The highest BCUT2D eigenvalue weighted by Crippen LogP contribution is 2.41. The van der Waals surface area contributed by atoms with Gasteiger partial charge in [0.15, 0.2) is 5.78 Å². The van der Waals surface area contributed by atoms with Gasteiger partial charge in [0.1, 0.15) is 82.9 Å². The predicted octanol–water partition coefficient (Wildman–Crippen LogP) is 9.37. The lowest BCUT2D eigenvalue weighted by atomic mass is 9.90. The molecule has 10 bridgehead atoms. The molecule has 10 rings (SSSR count). The van der Waals surface area contributed by atoms with Crippen LogP contribution in [0.1, 0.15) is 129 Å². The minimum absolute atomic E-state index is 0.0372. The second kappa shape index (κ2) is 25.7. The van der Waals surface area contributed by atoms with Crippen molar-refractivity contribution in [3.05, 3.63) is 148 Å². The first kappa shape index (κ1) is 59.0. The van der Waals surface area contributed by atoms with Gasteiger partial charge in [-0.15, -0.1) is 68.0 Å². The topological polar surface area (TPSA) is 315 Å². The summed E-state index contributed by atoms with van der Waals surface area (Å²) in [6.45, 7) is 9.95. The molecule has 1 aliphatic rings. The number of methoxy groups -OCH3 is 1. The molecule has 9 aromatic rings. The van der Waals surface area contributed by atoms with Gasteiger partial charge in [0.05, 0.1) is 52.5 Å². The Hall–Kier alpha value is -8.22. The monoisotopic (exact) mass is 1240 g/mol. The zero-order valence-corrected chi connectivity index (χ0v) is 50.2. The molecule has 430 valence electrons. The number of pyridine rings is 2. The van der Waals surface area contributed by atoms with E-state index in [9.17, 15) is 39.0 Å². The number of Topliss-reactive ketones (excluding diaryl/α,β-unsaturated/α-hetero) is 1. The van der Waals surface area contributed by atoms with E-state index >= 15 is 0 Å². The first-order valence-electron chi connectivity index (χ1n) is 25.8. The number of carbonyl (C=O) groups is 6. The van der Waals surface area contributed by atoms with Gasteiger partial charge in [-0.25, -0.2) is 44.7 Å². The van der Waals surface area contributed by atoms with Crippen LogP contribution in [0.4, 0.5) is 5.82 Å². The van der Waals surface area contributed by atoms with Crippen LogP contribution in [0.2, 0.25) is 0 Å². The lowest BCUT2D eigenvalue weighted by molar-refractivity contribution is -0.122. The molecule has 7 N–H and O–H groups in total. The number of aliphatic hydroxyl groups is 1. The van der Waals surface area contributed by atoms with E-state index in [2.05, 4.69) is 43.1 Å². The molecule has 0 spiro atoms. The Morgan fingerprint density at radius 3 is 2.24 bits per heavy atom. The van der Waals surface area contributed by atoms with Crippen molar-refractivity contribution >= 4 is 115 Å². The molecule has 8 aromatic heterocycles. The van der Waals surface area contributed by atoms with Crippen LogP contribution >= 0.6 is 68.0 Å². The number of rotatable bonds is 11.